The highest BCUT2D eigenvalue weighted by Crippen LogP contribution is 2.40. The number of hydrogen-bond acceptors (Lipinski definition) is 7. The summed E-state index contributed by atoms with van der Waals surface area (Å²) in [7, 11) is -1.82. The molecule has 1 unspecified atom stereocenters. The molecule has 0 aromatic heterocycles. The first-order chi connectivity index (χ1) is 17.8. The molecule has 0 aliphatic carbocycles. The normalized spacial score (nSPS) is 21.3. The van der Waals surface area contributed by atoms with Crippen LogP contribution in [0.15, 0.2) is 34.4 Å². The maximum absolute atomic E-state index is 13.6. The fraction of sp³-hybridized carbons (Fsp3) is 0.654. The van der Waals surface area contributed by atoms with Crippen LogP contribution in [0, 0.1) is 0 Å². The van der Waals surface area contributed by atoms with Gasteiger partial charge in [-0.15, -0.1) is 12.4 Å². The number of nitrogens with zero attached hydrogens (tertiary/aromatic N) is 4. The molecule has 0 spiro atoms. The van der Waals surface area contributed by atoms with Gasteiger partial charge in [-0.1, -0.05) is 13.8 Å². The number of hydrogen-bond donors (Lipinski definition) is 1. The maximum Gasteiger partial charge on any atom is 0.268 e. The van der Waals surface area contributed by atoms with Gasteiger partial charge in [0, 0.05) is 51.9 Å². The summed E-state index contributed by atoms with van der Waals surface area (Å²) in [6.07, 6.45) is 2.28. The van der Waals surface area contributed by atoms with Crippen molar-refractivity contribution in [3.8, 4) is 5.75 Å². The van der Waals surface area contributed by atoms with Crippen molar-refractivity contribution < 1.29 is 22.3 Å². The maximum atomic E-state index is 13.6. The molecule has 214 valence electrons. The first kappa shape index (κ1) is 30.6. The van der Waals surface area contributed by atoms with Crippen molar-refractivity contribution in [2.45, 2.75) is 44.0 Å². The number of carbonyl (C=O) groups is 1. The predicted molar refractivity (Wildman–Crippen MR) is 148 cm³/mol. The van der Waals surface area contributed by atoms with E-state index in [9.17, 15) is 17.6 Å². The minimum Gasteiger partial charge on any atom is -0.493 e. The van der Waals surface area contributed by atoms with Gasteiger partial charge in [0.1, 0.15) is 11.4 Å². The summed E-state index contributed by atoms with van der Waals surface area (Å²) >= 11 is 0. The highest BCUT2D eigenvalue weighted by Gasteiger charge is 2.40. The Labute approximate surface area is 232 Å². The molecule has 1 N–H and O–H groups in total. The van der Waals surface area contributed by atoms with Gasteiger partial charge in [0.2, 0.25) is 10.0 Å². The second-order valence-electron chi connectivity index (χ2n) is 10.0. The molecule has 3 aliphatic rings. The number of halogens is 2. The molecule has 0 radical (unpaired) electrons. The molecule has 1 saturated heterocycles. The van der Waals surface area contributed by atoms with E-state index in [0.717, 1.165) is 25.0 Å². The number of amides is 1. The van der Waals surface area contributed by atoms with Crippen molar-refractivity contribution in [3.05, 3.63) is 35.0 Å². The zero-order valence-corrected chi connectivity index (χ0v) is 24.3. The van der Waals surface area contributed by atoms with E-state index >= 15 is 0 Å². The van der Waals surface area contributed by atoms with Crippen molar-refractivity contribution in [2.75, 3.05) is 72.8 Å². The number of alkyl halides is 1. The molecule has 0 saturated carbocycles. The molecule has 12 heteroatoms. The Morgan fingerprint density at radius 1 is 1.08 bits per heavy atom. The molecule has 1 amide bonds. The molecule has 1 atom stereocenters. The highest BCUT2D eigenvalue weighted by atomic mass is 35.5. The van der Waals surface area contributed by atoms with Gasteiger partial charge in [-0.25, -0.2) is 8.42 Å². The van der Waals surface area contributed by atoms with Crippen molar-refractivity contribution >= 4 is 28.3 Å². The number of likely N-dealkylation sites (N-methyl/N-ethyl adjacent to an activating group) is 1. The first-order valence-corrected chi connectivity index (χ1v) is 14.8. The Balaban J connectivity index is 0.00000400. The van der Waals surface area contributed by atoms with Crippen LogP contribution in [0.5, 0.6) is 5.75 Å². The van der Waals surface area contributed by atoms with Gasteiger partial charge in [0.15, 0.2) is 0 Å². The van der Waals surface area contributed by atoms with Crippen molar-refractivity contribution in [1.29, 1.82) is 0 Å². The van der Waals surface area contributed by atoms with Crippen LogP contribution in [0.2, 0.25) is 0 Å². The fourth-order valence-corrected chi connectivity index (χ4v) is 6.89. The van der Waals surface area contributed by atoms with Gasteiger partial charge < -0.3 is 19.9 Å². The lowest BCUT2D eigenvalue weighted by Crippen LogP contribution is -2.48. The minimum absolute atomic E-state index is 0. The zero-order valence-electron chi connectivity index (χ0n) is 22.6. The van der Waals surface area contributed by atoms with Crippen LogP contribution in [0.25, 0.3) is 0 Å². The summed E-state index contributed by atoms with van der Waals surface area (Å²) in [6, 6.07) is 4.54. The average Bonchev–Trinajstić information content (AvgIpc) is 3.22. The van der Waals surface area contributed by atoms with Crippen LogP contribution in [0.4, 0.5) is 4.39 Å². The molecule has 9 nitrogen and oxygen atoms in total. The van der Waals surface area contributed by atoms with Crippen LogP contribution in [0.3, 0.4) is 0 Å². The number of nitrogens with one attached hydrogen (secondary N) is 1. The molecule has 3 aliphatic heterocycles. The topological polar surface area (TPSA) is 85.4 Å². The third kappa shape index (κ3) is 6.44. The van der Waals surface area contributed by atoms with E-state index in [-0.39, 0.29) is 29.9 Å². The quantitative estimate of drug-likeness (QED) is 0.435. The molecule has 1 fully saturated rings. The zero-order chi connectivity index (χ0) is 26.6. The molecule has 4 rings (SSSR count). The third-order valence-electron chi connectivity index (χ3n) is 7.20. The second kappa shape index (κ2) is 13.4. The second-order valence-corrected chi connectivity index (χ2v) is 11.9. The van der Waals surface area contributed by atoms with E-state index < -0.39 is 16.1 Å². The number of ether oxygens (including phenoxy) is 1. The van der Waals surface area contributed by atoms with E-state index in [1.54, 1.807) is 18.2 Å². The van der Waals surface area contributed by atoms with Crippen LogP contribution >= 0.6 is 12.4 Å². The van der Waals surface area contributed by atoms with E-state index in [1.165, 1.54) is 4.31 Å². The summed E-state index contributed by atoms with van der Waals surface area (Å²) in [5, 5.41) is 3.10. The smallest absolute Gasteiger partial charge is 0.268 e. The Bertz CT molecular complexity index is 1110. The Morgan fingerprint density at radius 3 is 2.47 bits per heavy atom. The van der Waals surface area contributed by atoms with Gasteiger partial charge in [0.05, 0.1) is 30.9 Å². The average molecular weight is 574 g/mol. The number of benzene rings is 1. The van der Waals surface area contributed by atoms with Crippen LogP contribution in [-0.2, 0) is 14.8 Å². The number of piperazine rings is 1. The van der Waals surface area contributed by atoms with E-state index in [0.29, 0.717) is 76.0 Å². The molecular formula is C26H41ClFN5O4S. The monoisotopic (exact) mass is 573 g/mol. The molecule has 1 aromatic carbocycles. The third-order valence-corrected chi connectivity index (χ3v) is 9.10. The number of rotatable bonds is 11. The lowest BCUT2D eigenvalue weighted by Gasteiger charge is -2.35. The van der Waals surface area contributed by atoms with Gasteiger partial charge in [-0.3, -0.25) is 14.1 Å². The molecule has 38 heavy (non-hydrogen) atoms. The van der Waals surface area contributed by atoms with Gasteiger partial charge in [-0.05, 0) is 49.6 Å². The Morgan fingerprint density at radius 2 is 1.82 bits per heavy atom. The summed E-state index contributed by atoms with van der Waals surface area (Å²) < 4.78 is 47.3. The molecule has 3 heterocycles. The number of sulfonamides is 1. The number of carbonyl (C=O) groups excluding carboxylic acids is 1. The SMILES string of the molecule is CCCOc1ccc(S(=O)(=O)N2CCN(CCCF)CC2)cc1C1NC(=O)C2=C1CN(CCC)CN2C.Cl. The predicted octanol–water partition coefficient (Wildman–Crippen LogP) is 2.60. The molecule has 1 aromatic rings. The van der Waals surface area contributed by atoms with Gasteiger partial charge in [0.25, 0.3) is 5.91 Å². The van der Waals surface area contributed by atoms with Crippen molar-refractivity contribution in [2.24, 2.45) is 0 Å². The summed E-state index contributed by atoms with van der Waals surface area (Å²) in [5.74, 6) is 0.448. The summed E-state index contributed by atoms with van der Waals surface area (Å²) in [4.78, 5) is 19.6. The molecular weight excluding hydrogens is 533 g/mol. The lowest BCUT2D eigenvalue weighted by atomic mass is 9.97. The van der Waals surface area contributed by atoms with Gasteiger partial charge in [-0.2, -0.15) is 4.31 Å². The summed E-state index contributed by atoms with van der Waals surface area (Å²) in [6.45, 7) is 9.04. The van der Waals surface area contributed by atoms with E-state index in [4.69, 9.17) is 4.74 Å². The minimum atomic E-state index is -3.74. The Hall–Kier alpha value is -1.92. The lowest BCUT2D eigenvalue weighted by molar-refractivity contribution is -0.118. The Kier molecular flexibility index (Phi) is 10.8. The van der Waals surface area contributed by atoms with Crippen molar-refractivity contribution in [1.82, 2.24) is 24.3 Å². The first-order valence-electron chi connectivity index (χ1n) is 13.3. The van der Waals surface area contributed by atoms with E-state index in [1.807, 2.05) is 18.9 Å². The van der Waals surface area contributed by atoms with Crippen LogP contribution in [-0.4, -0.2) is 106 Å². The van der Waals surface area contributed by atoms with E-state index in [2.05, 4.69) is 22.0 Å². The summed E-state index contributed by atoms with van der Waals surface area (Å²) in [5.41, 5.74) is 2.28. The van der Waals surface area contributed by atoms with Crippen LogP contribution in [0.1, 0.15) is 44.7 Å². The van der Waals surface area contributed by atoms with Crippen molar-refractivity contribution in [3.63, 3.8) is 0 Å². The standard InChI is InChI=1S/C26H40FN5O4S.ClH/c1-4-10-31-18-22-24(28-26(33)25(22)29(3)19-31)21-17-20(7-8-23(21)36-16-5-2)37(34,35)32-14-12-30(13-15-32)11-6-9-27;/h7-8,17,24H,4-6,9-16,18-19H2,1-3H3,(H,28,33);1H. The molecule has 0 bridgehead atoms. The fourth-order valence-electron chi connectivity index (χ4n) is 5.43. The van der Waals surface area contributed by atoms with Gasteiger partial charge >= 0.3 is 0 Å². The highest BCUT2D eigenvalue weighted by molar-refractivity contribution is 7.89. The van der Waals surface area contributed by atoms with Crippen LogP contribution < -0.4 is 10.1 Å². The largest absolute Gasteiger partial charge is 0.493 e.